The summed E-state index contributed by atoms with van der Waals surface area (Å²) in [6.45, 7) is 0.364. The molecule has 0 saturated carbocycles. The number of carbonyl (C=O) groups excluding carboxylic acids is 1. The fraction of sp³-hybridized carbons (Fsp3) is 0.280. The van der Waals surface area contributed by atoms with Crippen molar-refractivity contribution in [2.24, 2.45) is 0 Å². The first-order valence-corrected chi connectivity index (χ1v) is 11.6. The molecule has 0 aliphatic heterocycles. The Morgan fingerprint density at radius 3 is 2.65 bits per heavy atom. The van der Waals surface area contributed by atoms with E-state index in [1.54, 1.807) is 12.1 Å². The summed E-state index contributed by atoms with van der Waals surface area (Å²) in [4.78, 5) is 46.8. The van der Waals surface area contributed by atoms with Crippen molar-refractivity contribution in [1.29, 1.82) is 0 Å². The molecule has 8 nitrogen and oxygen atoms in total. The van der Waals surface area contributed by atoms with E-state index in [4.69, 9.17) is 17.3 Å². The first-order valence-electron chi connectivity index (χ1n) is 11.2. The summed E-state index contributed by atoms with van der Waals surface area (Å²) in [6, 6.07) is 12.4. The van der Waals surface area contributed by atoms with Gasteiger partial charge >= 0.3 is 5.69 Å². The average Bonchev–Trinajstić information content (AvgIpc) is 2.85. The second-order valence-electron chi connectivity index (χ2n) is 8.22. The van der Waals surface area contributed by atoms with Gasteiger partial charge in [0.25, 0.3) is 11.5 Å². The molecule has 0 bridgehead atoms. The minimum absolute atomic E-state index is 0.0296. The lowest BCUT2D eigenvalue weighted by atomic mass is 9.97. The number of anilines is 2. The Balaban J connectivity index is 1.78. The van der Waals surface area contributed by atoms with Crippen LogP contribution in [0.1, 0.15) is 48.0 Å². The van der Waals surface area contributed by atoms with E-state index < -0.39 is 17.2 Å². The number of aromatic nitrogens is 3. The van der Waals surface area contributed by atoms with Gasteiger partial charge < -0.3 is 10.6 Å². The van der Waals surface area contributed by atoms with E-state index in [-0.39, 0.29) is 35.3 Å². The van der Waals surface area contributed by atoms with Crippen LogP contribution >= 0.6 is 11.6 Å². The van der Waals surface area contributed by atoms with Gasteiger partial charge in [0.15, 0.2) is 5.69 Å². The van der Waals surface area contributed by atoms with Crippen LogP contribution < -0.4 is 21.9 Å². The first-order chi connectivity index (χ1) is 16.5. The van der Waals surface area contributed by atoms with Gasteiger partial charge in [-0.15, -0.1) is 0 Å². The lowest BCUT2D eigenvalue weighted by molar-refractivity contribution is 0.0986. The van der Waals surface area contributed by atoms with Crippen LogP contribution in [-0.2, 0) is 6.54 Å². The first kappa shape index (κ1) is 23.5. The van der Waals surface area contributed by atoms with Crippen LogP contribution in [0.5, 0.6) is 0 Å². The molecule has 0 unspecified atom stereocenters. The summed E-state index contributed by atoms with van der Waals surface area (Å²) in [6.07, 6.45) is 8.45. The molecule has 4 rings (SSSR count). The molecular formula is C25H26ClN5O3. The minimum atomic E-state index is -0.724. The maximum atomic E-state index is 13.6. The summed E-state index contributed by atoms with van der Waals surface area (Å²) in [5.41, 5.74) is 7.16. The molecule has 3 N–H and O–H groups in total. The minimum Gasteiger partial charge on any atom is -0.383 e. The van der Waals surface area contributed by atoms with Crippen LogP contribution in [0.15, 0.2) is 69.9 Å². The topological polar surface area (TPSA) is 114 Å². The zero-order valence-electron chi connectivity index (χ0n) is 18.7. The zero-order valence-corrected chi connectivity index (χ0v) is 19.4. The third kappa shape index (κ3) is 5.12. The van der Waals surface area contributed by atoms with E-state index >= 15 is 0 Å². The molecule has 1 aliphatic carbocycles. The van der Waals surface area contributed by atoms with Gasteiger partial charge in [-0.1, -0.05) is 53.6 Å². The number of nitrogens with one attached hydrogen (secondary N) is 1. The van der Waals surface area contributed by atoms with E-state index in [2.05, 4.69) is 16.0 Å². The molecule has 3 aromatic rings. The van der Waals surface area contributed by atoms with Gasteiger partial charge in [0.05, 0.1) is 12.1 Å². The molecule has 2 aromatic heterocycles. The van der Waals surface area contributed by atoms with Gasteiger partial charge in [0, 0.05) is 12.7 Å². The van der Waals surface area contributed by atoms with Crippen LogP contribution in [-0.4, -0.2) is 27.0 Å². The Morgan fingerprint density at radius 2 is 1.94 bits per heavy atom. The summed E-state index contributed by atoms with van der Waals surface area (Å²) < 4.78 is 1.26. The van der Waals surface area contributed by atoms with Gasteiger partial charge in [-0.25, -0.2) is 9.78 Å². The number of hydrogen-bond donors (Lipinski definition) is 2. The normalized spacial score (nSPS) is 13.4. The van der Waals surface area contributed by atoms with Crippen LogP contribution in [0.4, 0.5) is 11.5 Å². The van der Waals surface area contributed by atoms with E-state index in [0.29, 0.717) is 6.42 Å². The molecule has 9 heteroatoms. The average molecular weight is 480 g/mol. The number of amides is 1. The SMILES string of the molecule is Nc1c(N(CCC2=CCCCC2)C(=O)c2cccnc2Cl)c(=O)[nH]c(=O)n1Cc1ccccc1. The lowest BCUT2D eigenvalue weighted by Gasteiger charge is -2.26. The number of benzene rings is 1. The molecule has 0 atom stereocenters. The van der Waals surface area contributed by atoms with E-state index in [0.717, 1.165) is 31.2 Å². The number of allylic oxidation sites excluding steroid dienone is 1. The molecule has 1 aliphatic rings. The number of nitrogens with two attached hydrogens (primary N) is 1. The third-order valence-corrected chi connectivity index (χ3v) is 6.24. The molecular weight excluding hydrogens is 454 g/mol. The standard InChI is InChI=1S/C25H26ClN5O3/c26-21-19(12-7-14-28-21)24(33)30(15-13-17-8-3-1-4-9-17)20-22(27)31(25(34)29-23(20)32)16-18-10-5-2-6-11-18/h2,5-8,10-12,14H,1,3-4,9,13,15-16,27H2,(H,29,32,34). The van der Waals surface area contributed by atoms with Crippen LogP contribution in [0.3, 0.4) is 0 Å². The molecule has 176 valence electrons. The second-order valence-corrected chi connectivity index (χ2v) is 8.58. The smallest absolute Gasteiger partial charge is 0.330 e. The van der Waals surface area contributed by atoms with Gasteiger partial charge in [-0.3, -0.25) is 19.1 Å². The number of nitrogens with zero attached hydrogens (tertiary/aromatic N) is 3. The van der Waals surface area contributed by atoms with E-state index in [1.165, 1.54) is 21.2 Å². The highest BCUT2D eigenvalue weighted by atomic mass is 35.5. The fourth-order valence-electron chi connectivity index (χ4n) is 4.15. The van der Waals surface area contributed by atoms with Crippen molar-refractivity contribution >= 4 is 29.0 Å². The quantitative estimate of drug-likeness (QED) is 0.395. The Hall–Kier alpha value is -3.65. The van der Waals surface area contributed by atoms with Crippen molar-refractivity contribution in [3.05, 3.63) is 97.4 Å². The van der Waals surface area contributed by atoms with Gasteiger partial charge in [0.2, 0.25) is 0 Å². The Morgan fingerprint density at radius 1 is 1.15 bits per heavy atom. The number of hydrogen-bond acceptors (Lipinski definition) is 5. The highest BCUT2D eigenvalue weighted by Crippen LogP contribution is 2.26. The predicted molar refractivity (Wildman–Crippen MR) is 133 cm³/mol. The Bertz CT molecular complexity index is 1330. The van der Waals surface area contributed by atoms with Crippen molar-refractivity contribution in [3.8, 4) is 0 Å². The van der Waals surface area contributed by atoms with Gasteiger partial charge in [-0.05, 0) is 49.8 Å². The Kier molecular flexibility index (Phi) is 7.27. The van der Waals surface area contributed by atoms with Crippen molar-refractivity contribution in [3.63, 3.8) is 0 Å². The van der Waals surface area contributed by atoms with Gasteiger partial charge in [-0.2, -0.15) is 0 Å². The summed E-state index contributed by atoms with van der Waals surface area (Å²) in [5, 5.41) is 0.0296. The summed E-state index contributed by atoms with van der Waals surface area (Å²) in [5.74, 6) is -0.583. The van der Waals surface area contributed by atoms with Crippen molar-refractivity contribution in [2.45, 2.75) is 38.6 Å². The molecule has 2 heterocycles. The number of halogens is 1. The number of H-pyrrole nitrogens is 1. The fourth-order valence-corrected chi connectivity index (χ4v) is 4.35. The zero-order chi connectivity index (χ0) is 24.1. The van der Waals surface area contributed by atoms with E-state index in [1.807, 2.05) is 30.3 Å². The van der Waals surface area contributed by atoms with E-state index in [9.17, 15) is 14.4 Å². The lowest BCUT2D eigenvalue weighted by Crippen LogP contribution is -2.42. The largest absolute Gasteiger partial charge is 0.383 e. The number of nitrogen functional groups attached to an aromatic ring is 1. The molecule has 0 radical (unpaired) electrons. The molecule has 34 heavy (non-hydrogen) atoms. The second kappa shape index (κ2) is 10.5. The van der Waals surface area contributed by atoms with Crippen LogP contribution in [0.2, 0.25) is 5.15 Å². The highest BCUT2D eigenvalue weighted by Gasteiger charge is 2.27. The molecule has 0 fully saturated rings. The number of aromatic amines is 1. The molecule has 1 aromatic carbocycles. The summed E-state index contributed by atoms with van der Waals surface area (Å²) in [7, 11) is 0. The molecule has 1 amide bonds. The maximum Gasteiger partial charge on any atom is 0.330 e. The van der Waals surface area contributed by atoms with Crippen LogP contribution in [0, 0.1) is 0 Å². The predicted octanol–water partition coefficient (Wildman–Crippen LogP) is 3.75. The molecule has 0 saturated heterocycles. The third-order valence-electron chi connectivity index (χ3n) is 5.94. The number of rotatable bonds is 7. The monoisotopic (exact) mass is 479 g/mol. The van der Waals surface area contributed by atoms with Crippen molar-refractivity contribution in [2.75, 3.05) is 17.2 Å². The van der Waals surface area contributed by atoms with Crippen molar-refractivity contribution < 1.29 is 4.79 Å². The highest BCUT2D eigenvalue weighted by molar-refractivity contribution is 6.33. The van der Waals surface area contributed by atoms with Crippen molar-refractivity contribution in [1.82, 2.24) is 14.5 Å². The van der Waals surface area contributed by atoms with Crippen LogP contribution in [0.25, 0.3) is 0 Å². The number of carbonyl (C=O) groups is 1. The summed E-state index contributed by atoms with van der Waals surface area (Å²) >= 11 is 6.20. The molecule has 0 spiro atoms. The number of pyridine rings is 1. The maximum absolute atomic E-state index is 13.6. The van der Waals surface area contributed by atoms with Gasteiger partial charge in [0.1, 0.15) is 11.0 Å². The Labute approximate surface area is 201 Å².